The third-order valence-corrected chi connectivity index (χ3v) is 2.03. The van der Waals surface area contributed by atoms with Gasteiger partial charge in [0.2, 0.25) is 0 Å². The number of carbonyl (C=O) groups excluding carboxylic acids is 1. The average molecular weight is 239 g/mol. The third kappa shape index (κ3) is 4.74. The summed E-state index contributed by atoms with van der Waals surface area (Å²) in [5.74, 6) is 0.116. The van der Waals surface area contributed by atoms with E-state index in [2.05, 4.69) is 0 Å². The van der Waals surface area contributed by atoms with Crippen molar-refractivity contribution in [3.63, 3.8) is 0 Å². The second-order valence-electron chi connectivity index (χ2n) is 3.49. The Morgan fingerprint density at radius 1 is 1.41 bits per heavy atom. The summed E-state index contributed by atoms with van der Waals surface area (Å²) in [5, 5.41) is 0. The van der Waals surface area contributed by atoms with Gasteiger partial charge in [0.05, 0.1) is 6.61 Å². The van der Waals surface area contributed by atoms with Crippen LogP contribution in [-0.2, 0) is 14.3 Å². The van der Waals surface area contributed by atoms with Crippen LogP contribution in [0.4, 0.5) is 5.69 Å². The molecule has 5 nitrogen and oxygen atoms in total. The molecule has 0 saturated carbocycles. The number of anilines is 1. The maximum Gasteiger partial charge on any atom is 0.347 e. The molecule has 0 aromatic heterocycles. The first-order chi connectivity index (χ1) is 8.13. The van der Waals surface area contributed by atoms with E-state index < -0.39 is 12.1 Å². The third-order valence-electron chi connectivity index (χ3n) is 2.03. The predicted octanol–water partition coefficient (Wildman–Crippen LogP) is 1.23. The summed E-state index contributed by atoms with van der Waals surface area (Å²) >= 11 is 0. The van der Waals surface area contributed by atoms with Gasteiger partial charge in [-0.1, -0.05) is 6.07 Å². The Hall–Kier alpha value is -1.75. The predicted molar refractivity (Wildman–Crippen MR) is 63.8 cm³/mol. The molecular formula is C12H17NO4. The van der Waals surface area contributed by atoms with Gasteiger partial charge < -0.3 is 19.9 Å². The molecule has 0 spiro atoms. The Balaban J connectivity index is 2.43. The highest BCUT2D eigenvalue weighted by Gasteiger charge is 2.16. The minimum Gasteiger partial charge on any atom is -0.479 e. The fourth-order valence-electron chi connectivity index (χ4n) is 1.18. The van der Waals surface area contributed by atoms with Crippen LogP contribution in [0.15, 0.2) is 24.3 Å². The molecule has 1 unspecified atom stereocenters. The molecule has 0 fully saturated rings. The van der Waals surface area contributed by atoms with E-state index in [0.717, 1.165) is 0 Å². The molecule has 17 heavy (non-hydrogen) atoms. The second kappa shape index (κ2) is 6.75. The molecule has 0 aliphatic heterocycles. The number of hydrogen-bond acceptors (Lipinski definition) is 5. The van der Waals surface area contributed by atoms with Crippen LogP contribution < -0.4 is 10.5 Å². The highest BCUT2D eigenvalue weighted by Crippen LogP contribution is 2.16. The van der Waals surface area contributed by atoms with Crippen LogP contribution in [0, 0.1) is 0 Å². The number of hydrogen-bond donors (Lipinski definition) is 1. The van der Waals surface area contributed by atoms with E-state index in [0.29, 0.717) is 18.0 Å². The normalized spacial score (nSPS) is 11.9. The first-order valence-corrected chi connectivity index (χ1v) is 5.31. The minimum absolute atomic E-state index is 0.222. The zero-order valence-corrected chi connectivity index (χ0v) is 10.0. The number of carbonyl (C=O) groups is 1. The smallest absolute Gasteiger partial charge is 0.347 e. The summed E-state index contributed by atoms with van der Waals surface area (Å²) in [7, 11) is 1.54. The Kier molecular flexibility index (Phi) is 5.29. The lowest BCUT2D eigenvalue weighted by molar-refractivity contribution is -0.152. The Morgan fingerprint density at radius 2 is 2.18 bits per heavy atom. The van der Waals surface area contributed by atoms with Crippen LogP contribution in [0.5, 0.6) is 5.75 Å². The van der Waals surface area contributed by atoms with Crippen LogP contribution in [-0.4, -0.2) is 32.4 Å². The standard InChI is InChI=1S/C12H17NO4/c1-9(12(14)16-7-6-15-2)17-11-5-3-4-10(13)8-11/h3-5,8-9H,6-7,13H2,1-2H3. The number of ether oxygens (including phenoxy) is 3. The number of nitrogen functional groups attached to an aromatic ring is 1. The molecule has 0 aliphatic carbocycles. The number of methoxy groups -OCH3 is 1. The molecular weight excluding hydrogens is 222 g/mol. The number of benzene rings is 1. The van der Waals surface area contributed by atoms with E-state index in [1.807, 2.05) is 0 Å². The van der Waals surface area contributed by atoms with Crippen LogP contribution in [0.1, 0.15) is 6.92 Å². The van der Waals surface area contributed by atoms with Crippen molar-refractivity contribution >= 4 is 11.7 Å². The zero-order chi connectivity index (χ0) is 12.7. The van der Waals surface area contributed by atoms with Crippen LogP contribution in [0.2, 0.25) is 0 Å². The van der Waals surface area contributed by atoms with Crippen molar-refractivity contribution in [3.8, 4) is 5.75 Å². The summed E-state index contributed by atoms with van der Waals surface area (Å²) in [6.45, 7) is 2.22. The first-order valence-electron chi connectivity index (χ1n) is 5.31. The Morgan fingerprint density at radius 3 is 2.82 bits per heavy atom. The van der Waals surface area contributed by atoms with Crippen molar-refractivity contribution in [1.82, 2.24) is 0 Å². The molecule has 94 valence electrons. The molecule has 1 atom stereocenters. The summed E-state index contributed by atoms with van der Waals surface area (Å²) in [4.78, 5) is 11.5. The summed E-state index contributed by atoms with van der Waals surface area (Å²) < 4.78 is 15.1. The van der Waals surface area contributed by atoms with Gasteiger partial charge in [0.15, 0.2) is 6.10 Å². The molecule has 1 aromatic rings. The van der Waals surface area contributed by atoms with Crippen molar-refractivity contribution in [2.24, 2.45) is 0 Å². The monoisotopic (exact) mass is 239 g/mol. The Labute approximate surface area is 100 Å². The molecule has 0 radical (unpaired) electrons. The molecule has 5 heteroatoms. The molecule has 0 bridgehead atoms. The van der Waals surface area contributed by atoms with Gasteiger partial charge in [-0.2, -0.15) is 0 Å². The quantitative estimate of drug-likeness (QED) is 0.459. The molecule has 0 heterocycles. The van der Waals surface area contributed by atoms with Crippen molar-refractivity contribution in [2.45, 2.75) is 13.0 Å². The highest BCUT2D eigenvalue weighted by atomic mass is 16.6. The molecule has 0 aliphatic rings. The van der Waals surface area contributed by atoms with Crippen molar-refractivity contribution in [3.05, 3.63) is 24.3 Å². The molecule has 0 amide bonds. The van der Waals surface area contributed by atoms with E-state index >= 15 is 0 Å². The number of rotatable bonds is 6. The lowest BCUT2D eigenvalue weighted by atomic mass is 10.3. The largest absolute Gasteiger partial charge is 0.479 e. The lowest BCUT2D eigenvalue weighted by Crippen LogP contribution is -2.27. The molecule has 1 rings (SSSR count). The topological polar surface area (TPSA) is 70.8 Å². The van der Waals surface area contributed by atoms with Gasteiger partial charge in [0.25, 0.3) is 0 Å². The molecule has 0 saturated heterocycles. The van der Waals surface area contributed by atoms with Gasteiger partial charge in [-0.05, 0) is 19.1 Å². The lowest BCUT2D eigenvalue weighted by Gasteiger charge is -2.14. The van der Waals surface area contributed by atoms with Gasteiger partial charge in [0, 0.05) is 18.9 Å². The van der Waals surface area contributed by atoms with E-state index in [4.69, 9.17) is 19.9 Å². The van der Waals surface area contributed by atoms with Crippen LogP contribution in [0.3, 0.4) is 0 Å². The van der Waals surface area contributed by atoms with E-state index in [1.54, 1.807) is 38.3 Å². The minimum atomic E-state index is -0.673. The number of nitrogens with two attached hydrogens (primary N) is 1. The maximum absolute atomic E-state index is 11.5. The van der Waals surface area contributed by atoms with Crippen molar-refractivity contribution in [2.75, 3.05) is 26.1 Å². The Bertz CT molecular complexity index is 367. The fraction of sp³-hybridized carbons (Fsp3) is 0.417. The van der Waals surface area contributed by atoms with Gasteiger partial charge in [-0.15, -0.1) is 0 Å². The van der Waals surface area contributed by atoms with Crippen LogP contribution >= 0.6 is 0 Å². The van der Waals surface area contributed by atoms with E-state index in [9.17, 15) is 4.79 Å². The highest BCUT2D eigenvalue weighted by molar-refractivity contribution is 5.74. The van der Waals surface area contributed by atoms with E-state index in [-0.39, 0.29) is 6.61 Å². The van der Waals surface area contributed by atoms with Crippen LogP contribution in [0.25, 0.3) is 0 Å². The summed E-state index contributed by atoms with van der Waals surface area (Å²) in [6, 6.07) is 6.89. The van der Waals surface area contributed by atoms with Crippen molar-refractivity contribution in [1.29, 1.82) is 0 Å². The first kappa shape index (κ1) is 13.3. The summed E-state index contributed by atoms with van der Waals surface area (Å²) in [5.41, 5.74) is 6.18. The summed E-state index contributed by atoms with van der Waals surface area (Å²) in [6.07, 6.45) is -0.673. The fourth-order valence-corrected chi connectivity index (χ4v) is 1.18. The van der Waals surface area contributed by atoms with Crippen molar-refractivity contribution < 1.29 is 19.0 Å². The maximum atomic E-state index is 11.5. The average Bonchev–Trinajstić information content (AvgIpc) is 2.29. The molecule has 2 N–H and O–H groups in total. The second-order valence-corrected chi connectivity index (χ2v) is 3.49. The SMILES string of the molecule is COCCOC(=O)C(C)Oc1cccc(N)c1. The zero-order valence-electron chi connectivity index (χ0n) is 10.0. The number of esters is 1. The van der Waals surface area contributed by atoms with Gasteiger partial charge in [-0.25, -0.2) is 4.79 Å². The van der Waals surface area contributed by atoms with Gasteiger partial charge in [0.1, 0.15) is 12.4 Å². The van der Waals surface area contributed by atoms with Gasteiger partial charge in [-0.3, -0.25) is 0 Å². The van der Waals surface area contributed by atoms with E-state index in [1.165, 1.54) is 0 Å². The van der Waals surface area contributed by atoms with Gasteiger partial charge >= 0.3 is 5.97 Å². The molecule has 1 aromatic carbocycles.